The van der Waals surface area contributed by atoms with Crippen molar-refractivity contribution < 1.29 is 0 Å². The Bertz CT molecular complexity index is 3280. The largest absolute Gasteiger partial charge is 0.376 e. The summed E-state index contributed by atoms with van der Waals surface area (Å²) >= 11 is 0. The van der Waals surface area contributed by atoms with Crippen LogP contribution in [-0.2, 0) is 21.7 Å². The first-order valence-electron chi connectivity index (χ1n) is 24.4. The molecule has 0 fully saturated rings. The summed E-state index contributed by atoms with van der Waals surface area (Å²) < 4.78 is 0. The molecule has 3 heteroatoms. The Labute approximate surface area is 400 Å². The summed E-state index contributed by atoms with van der Waals surface area (Å²) in [6, 6.07) is 63.3. The number of fused-ring (bicyclic) bond motifs is 8. The lowest BCUT2D eigenvalue weighted by Gasteiger charge is -2.48. The minimum Gasteiger partial charge on any atom is -0.376 e. The van der Waals surface area contributed by atoms with Gasteiger partial charge in [0.2, 0.25) is 0 Å². The summed E-state index contributed by atoms with van der Waals surface area (Å²) in [5, 5.41) is 0. The number of benzene rings is 8. The Kier molecular flexibility index (Phi) is 9.61. The Morgan fingerprint density at radius 2 is 1.03 bits per heavy atom. The maximum absolute atomic E-state index is 2.71. The van der Waals surface area contributed by atoms with E-state index >= 15 is 0 Å². The molecule has 2 nitrogen and oxygen atoms in total. The Morgan fingerprint density at radius 1 is 0.433 bits per heavy atom. The molecule has 0 spiro atoms. The number of hydrogen-bond donors (Lipinski definition) is 0. The van der Waals surface area contributed by atoms with Gasteiger partial charge in [-0.2, -0.15) is 0 Å². The molecule has 0 saturated heterocycles. The molecule has 8 aromatic rings. The van der Waals surface area contributed by atoms with Crippen LogP contribution in [0.1, 0.15) is 110 Å². The van der Waals surface area contributed by atoms with Gasteiger partial charge in [-0.25, -0.2) is 0 Å². The van der Waals surface area contributed by atoms with E-state index in [4.69, 9.17) is 0 Å². The second-order valence-electron chi connectivity index (χ2n) is 23.1. The van der Waals surface area contributed by atoms with Crippen LogP contribution in [0, 0.1) is 6.92 Å². The van der Waals surface area contributed by atoms with Gasteiger partial charge in [0.05, 0.1) is 5.69 Å². The average molecular weight is 871 g/mol. The predicted octanol–water partition coefficient (Wildman–Crippen LogP) is 16.2. The van der Waals surface area contributed by atoms with Gasteiger partial charge in [-0.3, -0.25) is 0 Å². The lowest BCUT2D eigenvalue weighted by Crippen LogP contribution is -2.62. The van der Waals surface area contributed by atoms with Crippen LogP contribution in [0.15, 0.2) is 164 Å². The van der Waals surface area contributed by atoms with E-state index in [0.29, 0.717) is 0 Å². The Morgan fingerprint density at radius 3 is 1.72 bits per heavy atom. The van der Waals surface area contributed by atoms with Crippen LogP contribution < -0.4 is 20.6 Å². The van der Waals surface area contributed by atoms with E-state index in [0.717, 1.165) is 0 Å². The van der Waals surface area contributed by atoms with Crippen molar-refractivity contribution >= 4 is 46.2 Å². The Balaban J connectivity index is 1.33. The normalized spacial score (nSPS) is 14.6. The fourth-order valence-electron chi connectivity index (χ4n) is 11.5. The Hall–Kier alpha value is -6.58. The molecule has 2 heterocycles. The summed E-state index contributed by atoms with van der Waals surface area (Å²) in [6.07, 6.45) is 0. The number of aryl methyl sites for hydroxylation is 1. The molecule has 0 saturated carbocycles. The molecule has 0 atom stereocenters. The topological polar surface area (TPSA) is 6.48 Å². The summed E-state index contributed by atoms with van der Waals surface area (Å²) in [5.74, 6) is 0. The van der Waals surface area contributed by atoms with Crippen LogP contribution in [0.5, 0.6) is 0 Å². The van der Waals surface area contributed by atoms with E-state index in [1.54, 1.807) is 0 Å². The number of nitrogens with zero attached hydrogens (tertiary/aromatic N) is 2. The van der Waals surface area contributed by atoms with Gasteiger partial charge in [-0.05, 0) is 143 Å². The summed E-state index contributed by atoms with van der Waals surface area (Å²) in [6.45, 7) is 28.0. The molecule has 3 aliphatic rings. The third-order valence-electron chi connectivity index (χ3n) is 15.2. The second kappa shape index (κ2) is 15.0. The van der Waals surface area contributed by atoms with Gasteiger partial charge in [-0.15, -0.1) is 0 Å². The van der Waals surface area contributed by atoms with Crippen molar-refractivity contribution in [3.05, 3.63) is 197 Å². The summed E-state index contributed by atoms with van der Waals surface area (Å²) in [4.78, 5) is 5.41. The molecule has 8 aromatic carbocycles. The SMILES string of the molecule is Cc1ccccc1-c1cc2c3c(c1)N(c1ccc(C(C)(C)C)cc1-c1ccccc1)c1c(ccc4c1C(C)(C)c1ccccc1-4)B3N(c1ccc(C(C)(C)C)cc1)c1cc(C(C)(C)C)ccc1-2. The molecule has 0 amide bonds. The van der Waals surface area contributed by atoms with Gasteiger partial charge in [0.1, 0.15) is 0 Å². The smallest absolute Gasteiger partial charge is 0.333 e. The fraction of sp³-hybridized carbons (Fsp3) is 0.250. The van der Waals surface area contributed by atoms with Gasteiger partial charge in [0.15, 0.2) is 0 Å². The average Bonchev–Trinajstić information content (AvgIpc) is 3.54. The summed E-state index contributed by atoms with van der Waals surface area (Å²) in [7, 11) is 0. The highest BCUT2D eigenvalue weighted by atomic mass is 15.2. The van der Waals surface area contributed by atoms with Crippen LogP contribution in [0.4, 0.5) is 28.4 Å². The zero-order valence-electron chi connectivity index (χ0n) is 41.6. The number of hydrogen-bond acceptors (Lipinski definition) is 2. The van der Waals surface area contributed by atoms with Gasteiger partial charge >= 0.3 is 6.85 Å². The van der Waals surface area contributed by atoms with E-state index in [-0.39, 0.29) is 28.5 Å². The van der Waals surface area contributed by atoms with E-state index in [9.17, 15) is 0 Å². The van der Waals surface area contributed by atoms with Crippen molar-refractivity contribution in [3.8, 4) is 44.5 Å². The van der Waals surface area contributed by atoms with Crippen molar-refractivity contribution in [1.82, 2.24) is 0 Å². The van der Waals surface area contributed by atoms with Gasteiger partial charge in [0.25, 0.3) is 0 Å². The van der Waals surface area contributed by atoms with Crippen LogP contribution in [0.2, 0.25) is 0 Å². The quantitative estimate of drug-likeness (QED) is 0.163. The molecule has 67 heavy (non-hydrogen) atoms. The molecule has 1 aliphatic carbocycles. The van der Waals surface area contributed by atoms with Gasteiger partial charge in [-0.1, -0.05) is 197 Å². The lowest BCUT2D eigenvalue weighted by atomic mass is 9.42. The predicted molar refractivity (Wildman–Crippen MR) is 289 cm³/mol. The first-order valence-corrected chi connectivity index (χ1v) is 24.4. The second-order valence-corrected chi connectivity index (χ2v) is 23.1. The number of anilines is 5. The third kappa shape index (κ3) is 6.75. The molecule has 332 valence electrons. The first kappa shape index (κ1) is 43.0. The monoisotopic (exact) mass is 871 g/mol. The minimum atomic E-state index is -0.285. The van der Waals surface area contributed by atoms with Gasteiger partial charge in [0, 0.05) is 39.3 Å². The molecule has 0 radical (unpaired) electrons. The highest BCUT2D eigenvalue weighted by molar-refractivity contribution is 6.93. The molecule has 0 bridgehead atoms. The van der Waals surface area contributed by atoms with Crippen LogP contribution in [0.25, 0.3) is 44.5 Å². The van der Waals surface area contributed by atoms with E-state index in [2.05, 4.69) is 257 Å². The molecule has 2 aliphatic heterocycles. The maximum Gasteiger partial charge on any atom is 0.333 e. The van der Waals surface area contributed by atoms with Crippen LogP contribution in [0.3, 0.4) is 0 Å². The van der Waals surface area contributed by atoms with Crippen molar-refractivity contribution in [3.63, 3.8) is 0 Å². The van der Waals surface area contributed by atoms with Crippen LogP contribution in [-0.4, -0.2) is 6.85 Å². The lowest BCUT2D eigenvalue weighted by molar-refractivity contribution is 0.590. The fourth-order valence-corrected chi connectivity index (χ4v) is 11.5. The zero-order chi connectivity index (χ0) is 46.9. The van der Waals surface area contributed by atoms with Crippen molar-refractivity contribution in [2.75, 3.05) is 9.71 Å². The standard InChI is InChI=1S/C64H63BN2/c1-40-20-16-17-23-47(40)42-36-52-49-32-28-45(63(8,9)10)39-56(49)67(46-30-26-43(27-31-46)61(2,3)4)65-54-34-33-50-48-24-18-19-25-53(48)64(11,12)58(50)60(54)66(57(37-42)59(52)65)55-35-29-44(62(5,6)7)38-51(55)41-21-14-13-15-22-41/h13-39H,1-12H3. The van der Waals surface area contributed by atoms with E-state index in [1.165, 1.54) is 117 Å². The molecular weight excluding hydrogens is 808 g/mol. The molecule has 0 unspecified atom stereocenters. The van der Waals surface area contributed by atoms with Crippen molar-refractivity contribution in [2.24, 2.45) is 0 Å². The van der Waals surface area contributed by atoms with Gasteiger partial charge < -0.3 is 9.71 Å². The van der Waals surface area contributed by atoms with E-state index in [1.807, 2.05) is 0 Å². The highest BCUT2D eigenvalue weighted by Crippen LogP contribution is 2.57. The zero-order valence-corrected chi connectivity index (χ0v) is 41.6. The summed E-state index contributed by atoms with van der Waals surface area (Å²) in [5.41, 5.74) is 26.7. The van der Waals surface area contributed by atoms with Crippen LogP contribution >= 0.6 is 0 Å². The highest BCUT2D eigenvalue weighted by Gasteiger charge is 2.50. The molecule has 0 aromatic heterocycles. The molecule has 0 N–H and O–H groups in total. The van der Waals surface area contributed by atoms with Crippen molar-refractivity contribution in [2.45, 2.75) is 105 Å². The maximum atomic E-state index is 2.71. The molecular formula is C64H63BN2. The third-order valence-corrected chi connectivity index (χ3v) is 15.2. The first-order chi connectivity index (χ1) is 31.8. The molecule has 11 rings (SSSR count). The van der Waals surface area contributed by atoms with Crippen molar-refractivity contribution in [1.29, 1.82) is 0 Å². The minimum absolute atomic E-state index is 0.0293. The van der Waals surface area contributed by atoms with E-state index < -0.39 is 0 Å². The number of rotatable bonds is 4.